The summed E-state index contributed by atoms with van der Waals surface area (Å²) >= 11 is 0. The Balaban J connectivity index is 1.85. The molecule has 2 amide bonds. The minimum atomic E-state index is -0.919. The predicted molar refractivity (Wildman–Crippen MR) is 88.8 cm³/mol. The van der Waals surface area contributed by atoms with E-state index in [1.165, 1.54) is 12.1 Å². The predicted octanol–water partition coefficient (Wildman–Crippen LogP) is 1.30. The molecule has 0 aliphatic rings. The standard InChI is InChI=1S/C17H17NO8/c1-3-23-17(22)18-14(19)8-25-16(21)9-24-11-4-5-12-10(2)6-15(20)26-13(12)7-11/h4-7H,3,8-9H2,1-2H3,(H,18,19,22). The molecule has 9 heteroatoms. The molecule has 1 heterocycles. The highest BCUT2D eigenvalue weighted by atomic mass is 16.6. The molecule has 0 saturated heterocycles. The van der Waals surface area contributed by atoms with Crippen molar-refractivity contribution in [3.63, 3.8) is 0 Å². The van der Waals surface area contributed by atoms with Crippen LogP contribution in [0.25, 0.3) is 11.0 Å². The van der Waals surface area contributed by atoms with Crippen molar-refractivity contribution in [2.24, 2.45) is 0 Å². The van der Waals surface area contributed by atoms with Gasteiger partial charge in [0.05, 0.1) is 6.61 Å². The number of rotatable bonds is 6. The lowest BCUT2D eigenvalue weighted by atomic mass is 10.1. The Bertz CT molecular complexity index is 886. The highest BCUT2D eigenvalue weighted by Gasteiger charge is 2.12. The average molecular weight is 363 g/mol. The van der Waals surface area contributed by atoms with Gasteiger partial charge in [0, 0.05) is 17.5 Å². The molecule has 26 heavy (non-hydrogen) atoms. The number of fused-ring (bicyclic) bond motifs is 1. The molecule has 9 nitrogen and oxygen atoms in total. The quantitative estimate of drug-likeness (QED) is 0.602. The van der Waals surface area contributed by atoms with Gasteiger partial charge in [-0.2, -0.15) is 0 Å². The Hall–Kier alpha value is -3.36. The molecule has 0 aliphatic heterocycles. The summed E-state index contributed by atoms with van der Waals surface area (Å²) in [6, 6.07) is 6.16. The zero-order chi connectivity index (χ0) is 19.1. The number of hydrogen-bond donors (Lipinski definition) is 1. The Kier molecular flexibility index (Phi) is 6.31. The first-order valence-electron chi connectivity index (χ1n) is 7.68. The Morgan fingerprint density at radius 2 is 1.88 bits per heavy atom. The van der Waals surface area contributed by atoms with Gasteiger partial charge in [-0.15, -0.1) is 0 Å². The largest absolute Gasteiger partial charge is 0.482 e. The van der Waals surface area contributed by atoms with E-state index in [0.29, 0.717) is 11.3 Å². The fourth-order valence-corrected chi connectivity index (χ4v) is 2.04. The van der Waals surface area contributed by atoms with E-state index < -0.39 is 36.8 Å². The third-order valence-electron chi connectivity index (χ3n) is 3.16. The Morgan fingerprint density at radius 3 is 2.62 bits per heavy atom. The van der Waals surface area contributed by atoms with Crippen molar-refractivity contribution in [3.05, 3.63) is 40.2 Å². The first-order valence-corrected chi connectivity index (χ1v) is 7.68. The molecule has 0 fully saturated rings. The summed E-state index contributed by atoms with van der Waals surface area (Å²) in [4.78, 5) is 45.3. The van der Waals surface area contributed by atoms with E-state index >= 15 is 0 Å². The van der Waals surface area contributed by atoms with Crippen LogP contribution in [-0.4, -0.2) is 37.8 Å². The molecule has 0 radical (unpaired) electrons. The van der Waals surface area contributed by atoms with Crippen molar-refractivity contribution in [3.8, 4) is 5.75 Å². The van der Waals surface area contributed by atoms with Gasteiger partial charge >= 0.3 is 17.7 Å². The molecular weight excluding hydrogens is 346 g/mol. The molecule has 2 aromatic rings. The van der Waals surface area contributed by atoms with Gasteiger partial charge in [0.2, 0.25) is 0 Å². The molecule has 0 unspecified atom stereocenters. The molecule has 1 aromatic heterocycles. The Labute approximate surface area is 147 Å². The van der Waals surface area contributed by atoms with Gasteiger partial charge < -0.3 is 18.6 Å². The number of carbonyl (C=O) groups excluding carboxylic acids is 3. The lowest BCUT2D eigenvalue weighted by Crippen LogP contribution is -2.35. The summed E-state index contributed by atoms with van der Waals surface area (Å²) < 4.78 is 19.5. The van der Waals surface area contributed by atoms with Gasteiger partial charge in [0.25, 0.3) is 5.91 Å². The SMILES string of the molecule is CCOC(=O)NC(=O)COC(=O)COc1ccc2c(C)cc(=O)oc2c1. The summed E-state index contributed by atoms with van der Waals surface area (Å²) in [5.41, 5.74) is 0.601. The van der Waals surface area contributed by atoms with E-state index in [-0.39, 0.29) is 6.61 Å². The maximum absolute atomic E-state index is 11.6. The maximum Gasteiger partial charge on any atom is 0.413 e. The molecule has 0 bridgehead atoms. The van der Waals surface area contributed by atoms with Gasteiger partial charge in [-0.1, -0.05) is 0 Å². The van der Waals surface area contributed by atoms with Crippen molar-refractivity contribution >= 4 is 28.9 Å². The van der Waals surface area contributed by atoms with Crippen LogP contribution in [0.4, 0.5) is 4.79 Å². The highest BCUT2D eigenvalue weighted by Crippen LogP contribution is 2.22. The number of carbonyl (C=O) groups is 3. The third-order valence-corrected chi connectivity index (χ3v) is 3.16. The number of amides is 2. The highest BCUT2D eigenvalue weighted by molar-refractivity contribution is 5.93. The van der Waals surface area contributed by atoms with E-state index in [0.717, 1.165) is 10.9 Å². The fourth-order valence-electron chi connectivity index (χ4n) is 2.04. The van der Waals surface area contributed by atoms with Crippen molar-refractivity contribution in [1.82, 2.24) is 5.32 Å². The van der Waals surface area contributed by atoms with E-state index in [9.17, 15) is 19.2 Å². The molecule has 138 valence electrons. The number of esters is 1. The summed E-state index contributed by atoms with van der Waals surface area (Å²) in [7, 11) is 0. The van der Waals surface area contributed by atoms with E-state index in [1.54, 1.807) is 26.0 Å². The monoisotopic (exact) mass is 363 g/mol. The van der Waals surface area contributed by atoms with Crippen molar-refractivity contribution in [1.29, 1.82) is 0 Å². The number of ether oxygens (including phenoxy) is 3. The van der Waals surface area contributed by atoms with E-state index in [4.69, 9.17) is 9.15 Å². The fraction of sp³-hybridized carbons (Fsp3) is 0.294. The van der Waals surface area contributed by atoms with Crippen LogP contribution >= 0.6 is 0 Å². The number of alkyl carbamates (subject to hydrolysis) is 1. The normalized spacial score (nSPS) is 10.2. The van der Waals surface area contributed by atoms with Crippen molar-refractivity contribution in [2.45, 2.75) is 13.8 Å². The molecular formula is C17H17NO8. The van der Waals surface area contributed by atoms with Crippen molar-refractivity contribution < 1.29 is 33.0 Å². The van der Waals surface area contributed by atoms with Crippen LogP contribution in [0.5, 0.6) is 5.75 Å². The summed E-state index contributed by atoms with van der Waals surface area (Å²) in [6.45, 7) is 2.36. The lowest BCUT2D eigenvalue weighted by molar-refractivity contribution is -0.150. The van der Waals surface area contributed by atoms with Crippen LogP contribution in [-0.2, 0) is 19.1 Å². The molecule has 1 N–H and O–H groups in total. The van der Waals surface area contributed by atoms with Crippen molar-refractivity contribution in [2.75, 3.05) is 19.8 Å². The lowest BCUT2D eigenvalue weighted by Gasteiger charge is -2.08. The second kappa shape index (κ2) is 8.65. The molecule has 1 aromatic carbocycles. The van der Waals surface area contributed by atoms with Crippen LogP contribution in [0.15, 0.2) is 33.5 Å². The summed E-state index contributed by atoms with van der Waals surface area (Å²) in [5, 5.41) is 2.63. The molecule has 0 spiro atoms. The van der Waals surface area contributed by atoms with Crippen LogP contribution in [0.1, 0.15) is 12.5 Å². The first-order chi connectivity index (χ1) is 12.4. The van der Waals surface area contributed by atoms with E-state index in [2.05, 4.69) is 9.47 Å². The third kappa shape index (κ3) is 5.33. The first kappa shape index (κ1) is 19.0. The van der Waals surface area contributed by atoms with Gasteiger partial charge in [0.15, 0.2) is 13.2 Å². The van der Waals surface area contributed by atoms with E-state index in [1.807, 2.05) is 5.32 Å². The van der Waals surface area contributed by atoms with Gasteiger partial charge in [-0.3, -0.25) is 10.1 Å². The van der Waals surface area contributed by atoms with Crippen LogP contribution in [0, 0.1) is 6.92 Å². The number of hydrogen-bond acceptors (Lipinski definition) is 8. The average Bonchev–Trinajstić information content (AvgIpc) is 2.57. The summed E-state index contributed by atoms with van der Waals surface area (Å²) in [5.74, 6) is -1.34. The van der Waals surface area contributed by atoms with Crippen LogP contribution in [0.3, 0.4) is 0 Å². The molecule has 0 aliphatic carbocycles. The Morgan fingerprint density at radius 1 is 1.12 bits per heavy atom. The number of aryl methyl sites for hydroxylation is 1. The topological polar surface area (TPSA) is 121 Å². The maximum atomic E-state index is 11.6. The summed E-state index contributed by atoms with van der Waals surface area (Å²) in [6.07, 6.45) is -0.919. The number of imide groups is 1. The van der Waals surface area contributed by atoms with Gasteiger partial charge in [0.1, 0.15) is 11.3 Å². The molecule has 0 atom stereocenters. The number of benzene rings is 1. The van der Waals surface area contributed by atoms with Gasteiger partial charge in [-0.25, -0.2) is 14.4 Å². The minimum absolute atomic E-state index is 0.109. The second-order valence-electron chi connectivity index (χ2n) is 5.12. The van der Waals surface area contributed by atoms with Gasteiger partial charge in [-0.05, 0) is 31.5 Å². The minimum Gasteiger partial charge on any atom is -0.482 e. The second-order valence-corrected chi connectivity index (χ2v) is 5.12. The van der Waals surface area contributed by atoms with Crippen LogP contribution in [0.2, 0.25) is 0 Å². The number of nitrogens with one attached hydrogen (secondary N) is 1. The zero-order valence-electron chi connectivity index (χ0n) is 14.2. The smallest absolute Gasteiger partial charge is 0.413 e. The molecule has 0 saturated carbocycles. The van der Waals surface area contributed by atoms with Crippen LogP contribution < -0.4 is 15.7 Å². The molecule has 2 rings (SSSR count). The zero-order valence-corrected chi connectivity index (χ0v) is 14.2.